The monoisotopic (exact) mass is 558 g/mol. The van der Waals surface area contributed by atoms with Crippen LogP contribution in [0.3, 0.4) is 0 Å². The third kappa shape index (κ3) is 6.07. The van der Waals surface area contributed by atoms with Crippen LogP contribution in [0.1, 0.15) is 50.8 Å². The van der Waals surface area contributed by atoms with Crippen LogP contribution in [0.25, 0.3) is 21.6 Å². The molecule has 1 aliphatic rings. The molecule has 0 aliphatic carbocycles. The number of hydrogen-bond acceptors (Lipinski definition) is 5. The summed E-state index contributed by atoms with van der Waals surface area (Å²) in [4.78, 5) is 24.3. The van der Waals surface area contributed by atoms with Gasteiger partial charge in [0.1, 0.15) is 17.2 Å². The Balaban J connectivity index is 1.26. The number of fused-ring (bicyclic) bond motifs is 1. The highest BCUT2D eigenvalue weighted by Crippen LogP contribution is 2.41. The lowest BCUT2D eigenvalue weighted by Gasteiger charge is -2.31. The predicted octanol–water partition coefficient (Wildman–Crippen LogP) is 7.48. The van der Waals surface area contributed by atoms with E-state index in [0.717, 1.165) is 40.1 Å². The van der Waals surface area contributed by atoms with Crippen molar-refractivity contribution in [3.63, 3.8) is 0 Å². The van der Waals surface area contributed by atoms with Gasteiger partial charge in [0.05, 0.1) is 5.69 Å². The second kappa shape index (κ2) is 10.4. The first-order valence-corrected chi connectivity index (χ1v) is 14.2. The Morgan fingerprint density at radius 1 is 1.13 bits per heavy atom. The fourth-order valence-corrected chi connectivity index (χ4v) is 6.30. The van der Waals surface area contributed by atoms with Crippen LogP contribution in [0.5, 0.6) is 0 Å². The maximum Gasteiger partial charge on any atom is 0.446 e. The zero-order valence-corrected chi connectivity index (χ0v) is 23.1. The number of hydrogen-bond donors (Lipinski definition) is 0. The molecule has 0 saturated carbocycles. The molecule has 1 amide bonds. The molecule has 4 aromatic rings. The van der Waals surface area contributed by atoms with Gasteiger partial charge in [0.15, 0.2) is 0 Å². The lowest BCUT2D eigenvalue weighted by molar-refractivity contribution is -0.132. The number of rotatable bonds is 5. The van der Waals surface area contributed by atoms with E-state index in [1.54, 1.807) is 18.3 Å². The largest absolute Gasteiger partial charge is 0.446 e. The summed E-state index contributed by atoms with van der Waals surface area (Å²) in [6.07, 6.45) is 5.23. The van der Waals surface area contributed by atoms with Gasteiger partial charge in [-0.15, -0.1) is 11.3 Å². The Hall–Kier alpha value is -2.85. The van der Waals surface area contributed by atoms with Gasteiger partial charge in [-0.2, -0.15) is 13.2 Å². The van der Waals surface area contributed by atoms with Crippen molar-refractivity contribution >= 4 is 40.0 Å². The number of amides is 1. The molecule has 38 heavy (non-hydrogen) atoms. The average molecular weight is 559 g/mol. The molecule has 0 unspecified atom stereocenters. The lowest BCUT2D eigenvalue weighted by atomic mass is 9.86. The fourth-order valence-electron chi connectivity index (χ4n) is 4.77. The third-order valence-corrected chi connectivity index (χ3v) is 8.48. The summed E-state index contributed by atoms with van der Waals surface area (Å²) in [7, 11) is 0. The Bertz CT molecular complexity index is 1450. The van der Waals surface area contributed by atoms with E-state index in [2.05, 4.69) is 4.98 Å². The van der Waals surface area contributed by atoms with Gasteiger partial charge < -0.3 is 9.47 Å². The van der Waals surface area contributed by atoms with Gasteiger partial charge in [-0.3, -0.25) is 4.79 Å². The summed E-state index contributed by atoms with van der Waals surface area (Å²) in [5, 5.41) is 3.74. The number of alkyl halides is 3. The molecule has 3 aromatic heterocycles. The summed E-state index contributed by atoms with van der Waals surface area (Å²) in [5.74, 6) is 0.284. The van der Waals surface area contributed by atoms with E-state index in [9.17, 15) is 18.0 Å². The third-order valence-electron chi connectivity index (χ3n) is 6.87. The number of carbonyl (C=O) groups excluding carboxylic acids is 1. The SMILES string of the molecule is CC(C)(C)c1cc(SC(F)(F)F)cc(-c2nc(C3CCN(C(=O)Cn4ccc5cccnc54)CC3)cs2)c1. The molecular weight excluding hydrogens is 529 g/mol. The van der Waals surface area contributed by atoms with Crippen molar-refractivity contribution in [2.75, 3.05) is 13.1 Å². The van der Waals surface area contributed by atoms with Gasteiger partial charge in [-0.1, -0.05) is 20.8 Å². The Morgan fingerprint density at radius 2 is 1.89 bits per heavy atom. The molecule has 5 rings (SSSR count). The summed E-state index contributed by atoms with van der Waals surface area (Å²) < 4.78 is 41.3. The van der Waals surface area contributed by atoms with Crippen LogP contribution in [0, 0.1) is 0 Å². The summed E-state index contributed by atoms with van der Waals surface area (Å²) in [5.41, 5.74) is -1.34. The maximum atomic E-state index is 13.1. The molecule has 4 heterocycles. The first-order valence-electron chi connectivity index (χ1n) is 12.5. The Morgan fingerprint density at radius 3 is 2.61 bits per heavy atom. The van der Waals surface area contributed by atoms with Gasteiger partial charge >= 0.3 is 5.51 Å². The quantitative estimate of drug-likeness (QED) is 0.238. The number of carbonyl (C=O) groups is 1. The van der Waals surface area contributed by atoms with Crippen molar-refractivity contribution in [3.8, 4) is 10.6 Å². The molecule has 0 N–H and O–H groups in total. The highest BCUT2D eigenvalue weighted by atomic mass is 32.2. The molecule has 1 fully saturated rings. The number of thiazole rings is 1. The minimum atomic E-state index is -4.35. The Kier molecular flexibility index (Phi) is 7.30. The molecular formula is C28H29F3N4OS2. The first-order chi connectivity index (χ1) is 18.0. The minimum Gasteiger partial charge on any atom is -0.341 e. The predicted molar refractivity (Wildman–Crippen MR) is 146 cm³/mol. The standard InChI is InChI=1S/C28H29F3N4OS2/c1-27(2,3)21-13-20(14-22(15-21)38-28(29,30)31)26-33-23(17-37-26)18-6-10-34(11-7-18)24(36)16-35-12-8-19-5-4-9-32-25(19)35/h4-5,8-9,12-15,17-18H,6-7,10-11,16H2,1-3H3. The minimum absolute atomic E-state index is 0.0688. The van der Waals surface area contributed by atoms with Crippen molar-refractivity contribution < 1.29 is 18.0 Å². The number of piperidine rings is 1. The topological polar surface area (TPSA) is 51.0 Å². The van der Waals surface area contributed by atoms with Crippen LogP contribution in [-0.4, -0.2) is 43.9 Å². The number of benzene rings is 1. The highest BCUT2D eigenvalue weighted by Gasteiger charge is 2.31. The van der Waals surface area contributed by atoms with Gasteiger partial charge in [-0.25, -0.2) is 9.97 Å². The average Bonchev–Trinajstić information content (AvgIpc) is 3.50. The number of aromatic nitrogens is 3. The molecule has 0 radical (unpaired) electrons. The van der Waals surface area contributed by atoms with Gasteiger partial charge in [0.2, 0.25) is 5.91 Å². The second-order valence-corrected chi connectivity index (χ2v) is 12.6. The fraction of sp³-hybridized carbons (Fsp3) is 0.393. The number of likely N-dealkylation sites (tertiary alicyclic amines) is 1. The molecule has 5 nitrogen and oxygen atoms in total. The molecule has 1 aromatic carbocycles. The zero-order valence-electron chi connectivity index (χ0n) is 21.5. The molecule has 1 aliphatic heterocycles. The molecule has 0 spiro atoms. The van der Waals surface area contributed by atoms with Crippen LogP contribution in [0.4, 0.5) is 13.2 Å². The van der Waals surface area contributed by atoms with E-state index >= 15 is 0 Å². The van der Waals surface area contributed by atoms with Crippen molar-refractivity contribution in [3.05, 3.63) is 65.4 Å². The number of thioether (sulfide) groups is 1. The van der Waals surface area contributed by atoms with Gasteiger partial charge in [0, 0.05) is 52.6 Å². The van der Waals surface area contributed by atoms with E-state index < -0.39 is 5.51 Å². The maximum absolute atomic E-state index is 13.1. The highest BCUT2D eigenvalue weighted by molar-refractivity contribution is 8.00. The lowest BCUT2D eigenvalue weighted by Crippen LogP contribution is -2.39. The van der Waals surface area contributed by atoms with Gasteiger partial charge in [-0.05, 0) is 72.0 Å². The van der Waals surface area contributed by atoms with Crippen LogP contribution in [0.2, 0.25) is 0 Å². The van der Waals surface area contributed by atoms with Crippen molar-refractivity contribution in [2.24, 2.45) is 0 Å². The van der Waals surface area contributed by atoms with Crippen LogP contribution >= 0.6 is 23.1 Å². The number of halogens is 3. The molecule has 0 atom stereocenters. The zero-order chi connectivity index (χ0) is 27.1. The summed E-state index contributed by atoms with van der Waals surface area (Å²) in [6.45, 7) is 7.53. The van der Waals surface area contributed by atoms with Gasteiger partial charge in [0.25, 0.3) is 0 Å². The second-order valence-electron chi connectivity index (χ2n) is 10.6. The van der Waals surface area contributed by atoms with E-state index in [1.165, 1.54) is 11.3 Å². The molecule has 200 valence electrons. The summed E-state index contributed by atoms with van der Waals surface area (Å²) in [6, 6.07) is 11.0. The van der Waals surface area contributed by atoms with Crippen molar-refractivity contribution in [1.29, 1.82) is 0 Å². The van der Waals surface area contributed by atoms with Crippen LogP contribution < -0.4 is 0 Å². The first kappa shape index (κ1) is 26.7. The van der Waals surface area contributed by atoms with E-state index in [1.807, 2.05) is 66.1 Å². The van der Waals surface area contributed by atoms with E-state index in [4.69, 9.17) is 4.98 Å². The Labute approximate surface area is 228 Å². The number of nitrogens with zero attached hydrogens (tertiary/aromatic N) is 4. The number of pyridine rings is 1. The van der Waals surface area contributed by atoms with Crippen molar-refractivity contribution in [2.45, 2.75) is 61.9 Å². The molecule has 10 heteroatoms. The molecule has 1 saturated heterocycles. The summed E-state index contributed by atoms with van der Waals surface area (Å²) >= 11 is 1.37. The van der Waals surface area contributed by atoms with Crippen molar-refractivity contribution in [1.82, 2.24) is 19.4 Å². The molecule has 0 bridgehead atoms. The van der Waals surface area contributed by atoms with Crippen LogP contribution in [-0.2, 0) is 16.8 Å². The normalized spacial score (nSPS) is 15.4. The van der Waals surface area contributed by atoms with Crippen LogP contribution in [0.15, 0.2) is 59.1 Å². The van der Waals surface area contributed by atoms with E-state index in [0.29, 0.717) is 18.7 Å². The smallest absolute Gasteiger partial charge is 0.341 e. The van der Waals surface area contributed by atoms with E-state index in [-0.39, 0.29) is 40.4 Å².